The lowest BCUT2D eigenvalue weighted by Crippen LogP contribution is -2.54. The molecule has 1 fully saturated rings. The van der Waals surface area contributed by atoms with Crippen LogP contribution in [-0.4, -0.2) is 43.3 Å². The molecular formula is C22H28N6O. The number of nitrogens with zero attached hydrogens (tertiary/aromatic N) is 4. The smallest absolute Gasteiger partial charge is 0.222 e. The maximum Gasteiger partial charge on any atom is 0.222 e. The van der Waals surface area contributed by atoms with Crippen LogP contribution in [0.15, 0.2) is 58.5 Å². The Morgan fingerprint density at radius 1 is 1.07 bits per heavy atom. The number of aryl methyl sites for hydroxylation is 1. The Kier molecular flexibility index (Phi) is 5.55. The molecule has 0 aliphatic carbocycles. The molecule has 0 amide bonds. The molecule has 4 rings (SSSR count). The molecule has 1 atom stereocenters. The van der Waals surface area contributed by atoms with Crippen molar-refractivity contribution in [1.82, 2.24) is 4.90 Å². The highest BCUT2D eigenvalue weighted by molar-refractivity contribution is 6.06. The average molecular weight is 393 g/mol. The van der Waals surface area contributed by atoms with Crippen molar-refractivity contribution in [3.8, 4) is 5.75 Å². The Labute approximate surface area is 171 Å². The number of anilines is 2. The second kappa shape index (κ2) is 8.43. The lowest BCUT2D eigenvalue weighted by molar-refractivity contribution is 0.415. The number of methoxy groups -OCH3 is 1. The second-order valence-corrected chi connectivity index (χ2v) is 7.23. The fraction of sp³-hybridized carbons (Fsp3) is 0.364. The summed E-state index contributed by atoms with van der Waals surface area (Å²) in [7, 11) is 1.67. The molecule has 2 aromatic rings. The van der Waals surface area contributed by atoms with E-state index in [0.717, 1.165) is 55.4 Å². The lowest BCUT2D eigenvalue weighted by atomic mass is 10.1. The normalized spacial score (nSPS) is 19.0. The summed E-state index contributed by atoms with van der Waals surface area (Å²) in [5.74, 6) is 1.94. The number of benzene rings is 2. The van der Waals surface area contributed by atoms with E-state index in [-0.39, 0.29) is 6.29 Å². The molecule has 0 saturated carbocycles. The van der Waals surface area contributed by atoms with E-state index in [0.29, 0.717) is 5.96 Å². The van der Waals surface area contributed by atoms with Crippen LogP contribution in [0, 0.1) is 0 Å². The number of nitrogens with one attached hydrogen (secondary N) is 1. The van der Waals surface area contributed by atoms with Gasteiger partial charge >= 0.3 is 0 Å². The minimum Gasteiger partial charge on any atom is -0.497 e. The molecule has 2 aliphatic rings. The van der Waals surface area contributed by atoms with Gasteiger partial charge in [0, 0.05) is 24.5 Å². The topological polar surface area (TPSA) is 78.5 Å². The molecule has 0 spiro atoms. The molecule has 3 N–H and O–H groups in total. The van der Waals surface area contributed by atoms with Gasteiger partial charge in [0.1, 0.15) is 5.75 Å². The van der Waals surface area contributed by atoms with Crippen molar-refractivity contribution < 1.29 is 4.74 Å². The van der Waals surface area contributed by atoms with Gasteiger partial charge in [-0.1, -0.05) is 19.1 Å². The molecule has 1 unspecified atom stereocenters. The van der Waals surface area contributed by atoms with Crippen molar-refractivity contribution >= 4 is 23.3 Å². The number of nitrogens with two attached hydrogens (primary N) is 1. The molecule has 0 bridgehead atoms. The highest BCUT2D eigenvalue weighted by atomic mass is 16.5. The van der Waals surface area contributed by atoms with Crippen molar-refractivity contribution in [3.63, 3.8) is 0 Å². The summed E-state index contributed by atoms with van der Waals surface area (Å²) in [6, 6.07) is 16.4. The molecule has 2 aromatic carbocycles. The highest BCUT2D eigenvalue weighted by Gasteiger charge is 2.32. The molecule has 1 saturated heterocycles. The zero-order chi connectivity index (χ0) is 20.2. The van der Waals surface area contributed by atoms with Crippen LogP contribution in [0.1, 0.15) is 25.3 Å². The molecule has 0 radical (unpaired) electrons. The first-order chi connectivity index (χ1) is 14.2. The standard InChI is InChI=1S/C22H28N6O/c1-3-16-6-8-17(9-7-16)24-21-25-20(23)26-22(27-14-4-5-15-27)28(21)18-10-12-19(29-2)13-11-18/h6-13,21,24H,3-5,14-15H2,1-2H3,(H2,23,25). The van der Waals surface area contributed by atoms with E-state index in [1.165, 1.54) is 5.56 Å². The number of aliphatic imine (C=N–C) groups is 2. The van der Waals surface area contributed by atoms with Gasteiger partial charge in [0.05, 0.1) is 7.11 Å². The van der Waals surface area contributed by atoms with Crippen LogP contribution in [0.25, 0.3) is 0 Å². The summed E-state index contributed by atoms with van der Waals surface area (Å²) in [6.07, 6.45) is 2.94. The van der Waals surface area contributed by atoms with Gasteiger partial charge in [0.2, 0.25) is 18.2 Å². The molecule has 2 heterocycles. The van der Waals surface area contributed by atoms with Crippen molar-refractivity contribution in [1.29, 1.82) is 0 Å². The Bertz CT molecular complexity index is 885. The second-order valence-electron chi connectivity index (χ2n) is 7.23. The van der Waals surface area contributed by atoms with Crippen LogP contribution in [0.3, 0.4) is 0 Å². The van der Waals surface area contributed by atoms with Crippen LogP contribution in [0.2, 0.25) is 0 Å². The van der Waals surface area contributed by atoms with E-state index in [1.807, 2.05) is 24.3 Å². The first-order valence-corrected chi connectivity index (χ1v) is 10.1. The third kappa shape index (κ3) is 4.13. The third-order valence-corrected chi connectivity index (χ3v) is 5.33. The Morgan fingerprint density at radius 2 is 1.76 bits per heavy atom. The molecule has 0 aromatic heterocycles. The molecule has 7 heteroatoms. The number of rotatable bonds is 5. The van der Waals surface area contributed by atoms with Crippen LogP contribution in [0.4, 0.5) is 11.4 Å². The molecule has 2 aliphatic heterocycles. The fourth-order valence-electron chi connectivity index (χ4n) is 3.70. The van der Waals surface area contributed by atoms with Crippen LogP contribution >= 0.6 is 0 Å². The van der Waals surface area contributed by atoms with Gasteiger partial charge in [0.25, 0.3) is 0 Å². The summed E-state index contributed by atoms with van der Waals surface area (Å²) in [5, 5.41) is 3.51. The van der Waals surface area contributed by atoms with E-state index >= 15 is 0 Å². The van der Waals surface area contributed by atoms with Gasteiger partial charge < -0.3 is 20.7 Å². The summed E-state index contributed by atoms with van der Waals surface area (Å²) in [4.78, 5) is 13.6. The van der Waals surface area contributed by atoms with Crippen LogP contribution in [-0.2, 0) is 6.42 Å². The number of likely N-dealkylation sites (tertiary alicyclic amines) is 1. The van der Waals surface area contributed by atoms with Gasteiger partial charge in [-0.15, -0.1) is 0 Å². The zero-order valence-electron chi connectivity index (χ0n) is 17.0. The van der Waals surface area contributed by atoms with E-state index in [1.54, 1.807) is 7.11 Å². The van der Waals surface area contributed by atoms with Gasteiger partial charge in [0.15, 0.2) is 0 Å². The monoisotopic (exact) mass is 392 g/mol. The maximum absolute atomic E-state index is 6.12. The van der Waals surface area contributed by atoms with Crippen LogP contribution < -0.4 is 20.7 Å². The largest absolute Gasteiger partial charge is 0.497 e. The number of guanidine groups is 2. The number of ether oxygens (including phenoxy) is 1. The van der Waals surface area contributed by atoms with E-state index in [2.05, 4.69) is 56.3 Å². The lowest BCUT2D eigenvalue weighted by Gasteiger charge is -2.38. The SMILES string of the molecule is CCc1ccc(NC2N=C(N)N=C(N3CCCC3)N2c2ccc(OC)cc2)cc1. The first kappa shape index (κ1) is 19.1. The fourth-order valence-corrected chi connectivity index (χ4v) is 3.70. The molecule has 152 valence electrons. The summed E-state index contributed by atoms with van der Waals surface area (Å²) >= 11 is 0. The summed E-state index contributed by atoms with van der Waals surface area (Å²) in [6.45, 7) is 4.09. The van der Waals surface area contributed by atoms with Crippen molar-refractivity contribution in [2.45, 2.75) is 32.5 Å². The zero-order valence-corrected chi connectivity index (χ0v) is 17.0. The van der Waals surface area contributed by atoms with Gasteiger partial charge in [-0.2, -0.15) is 4.99 Å². The summed E-state index contributed by atoms with van der Waals surface area (Å²) < 4.78 is 5.32. The average Bonchev–Trinajstić information content (AvgIpc) is 3.29. The third-order valence-electron chi connectivity index (χ3n) is 5.33. The molecule has 29 heavy (non-hydrogen) atoms. The minimum atomic E-state index is -0.385. The van der Waals surface area contributed by atoms with E-state index < -0.39 is 0 Å². The predicted octanol–water partition coefficient (Wildman–Crippen LogP) is 3.24. The van der Waals surface area contributed by atoms with Gasteiger partial charge in [-0.3, -0.25) is 4.90 Å². The van der Waals surface area contributed by atoms with Crippen LogP contribution in [0.5, 0.6) is 5.75 Å². The quantitative estimate of drug-likeness (QED) is 0.817. The van der Waals surface area contributed by atoms with Gasteiger partial charge in [-0.25, -0.2) is 4.99 Å². The van der Waals surface area contributed by atoms with Crippen molar-refractivity contribution in [2.75, 3.05) is 30.4 Å². The van der Waals surface area contributed by atoms with E-state index in [9.17, 15) is 0 Å². The number of hydrogen-bond acceptors (Lipinski definition) is 7. The van der Waals surface area contributed by atoms with Crippen molar-refractivity contribution in [2.24, 2.45) is 15.7 Å². The Hall–Kier alpha value is -3.22. The van der Waals surface area contributed by atoms with Gasteiger partial charge in [-0.05, 0) is 61.2 Å². The minimum absolute atomic E-state index is 0.291. The Balaban J connectivity index is 1.68. The first-order valence-electron chi connectivity index (χ1n) is 10.1. The molecular weight excluding hydrogens is 364 g/mol. The predicted molar refractivity (Wildman–Crippen MR) is 119 cm³/mol. The summed E-state index contributed by atoms with van der Waals surface area (Å²) in [5.41, 5.74) is 9.39. The highest BCUT2D eigenvalue weighted by Crippen LogP contribution is 2.27. The number of hydrogen-bond donors (Lipinski definition) is 2. The Morgan fingerprint density at radius 3 is 2.38 bits per heavy atom. The van der Waals surface area contributed by atoms with E-state index in [4.69, 9.17) is 10.5 Å². The maximum atomic E-state index is 6.12. The van der Waals surface area contributed by atoms with Crippen molar-refractivity contribution in [3.05, 3.63) is 54.1 Å². The molecule has 7 nitrogen and oxygen atoms in total.